The van der Waals surface area contributed by atoms with Crippen LogP contribution in [0.15, 0.2) is 36.4 Å². The molecule has 3 heteroatoms. The molecular weight excluding hydrogens is 272 g/mol. The van der Waals surface area contributed by atoms with Crippen LogP contribution in [0, 0.1) is 20.8 Å². The van der Waals surface area contributed by atoms with Gasteiger partial charge in [0, 0.05) is 18.3 Å². The zero-order chi connectivity index (χ0) is 15.9. The van der Waals surface area contributed by atoms with Gasteiger partial charge in [0.15, 0.2) is 0 Å². The van der Waals surface area contributed by atoms with E-state index < -0.39 is 0 Å². The number of carbonyl (C=O) groups excluding carboxylic acids is 1. The number of para-hydroxylation sites is 1. The summed E-state index contributed by atoms with van der Waals surface area (Å²) in [6, 6.07) is 12.1. The molecular formula is C19H22N2O. The van der Waals surface area contributed by atoms with Gasteiger partial charge in [-0.3, -0.25) is 4.79 Å². The Morgan fingerprint density at radius 1 is 1.14 bits per heavy atom. The standard InChI is InChI=1S/C19H22N2O/c1-12-8-13(2)19(14(3)9-12)16(20)11-21-17-7-5-4-6-15(17)10-18(21)22/h4-9,16H,10-11,20H2,1-3H3. The molecule has 0 radical (unpaired) electrons. The fourth-order valence-electron chi connectivity index (χ4n) is 3.58. The third-order valence-corrected chi connectivity index (χ3v) is 4.41. The third-order valence-electron chi connectivity index (χ3n) is 4.41. The number of anilines is 1. The number of rotatable bonds is 3. The van der Waals surface area contributed by atoms with Gasteiger partial charge in [0.1, 0.15) is 0 Å². The lowest BCUT2D eigenvalue weighted by Gasteiger charge is -2.25. The number of hydrogen-bond donors (Lipinski definition) is 1. The van der Waals surface area contributed by atoms with Crippen LogP contribution in [0.4, 0.5) is 5.69 Å². The molecule has 114 valence electrons. The number of aryl methyl sites for hydroxylation is 3. The molecule has 0 spiro atoms. The molecule has 3 rings (SSSR count). The Labute approximate surface area is 131 Å². The summed E-state index contributed by atoms with van der Waals surface area (Å²) in [7, 11) is 0. The summed E-state index contributed by atoms with van der Waals surface area (Å²) in [5.74, 6) is 0.138. The summed E-state index contributed by atoms with van der Waals surface area (Å²) in [4.78, 5) is 14.1. The maximum absolute atomic E-state index is 12.3. The van der Waals surface area contributed by atoms with Crippen molar-refractivity contribution < 1.29 is 4.79 Å². The van der Waals surface area contributed by atoms with Crippen molar-refractivity contribution in [2.24, 2.45) is 5.73 Å². The van der Waals surface area contributed by atoms with E-state index in [4.69, 9.17) is 5.73 Å². The highest BCUT2D eigenvalue weighted by molar-refractivity contribution is 6.01. The minimum atomic E-state index is -0.171. The Morgan fingerprint density at radius 2 is 1.77 bits per heavy atom. The second kappa shape index (κ2) is 5.58. The van der Waals surface area contributed by atoms with Crippen molar-refractivity contribution in [3.05, 3.63) is 64.2 Å². The summed E-state index contributed by atoms with van der Waals surface area (Å²) in [6.07, 6.45) is 0.481. The van der Waals surface area contributed by atoms with Crippen molar-refractivity contribution >= 4 is 11.6 Å². The van der Waals surface area contributed by atoms with Crippen LogP contribution in [0.25, 0.3) is 0 Å². The van der Waals surface area contributed by atoms with Crippen LogP contribution in [-0.4, -0.2) is 12.5 Å². The molecule has 1 atom stereocenters. The van der Waals surface area contributed by atoms with Crippen molar-refractivity contribution in [2.75, 3.05) is 11.4 Å². The maximum atomic E-state index is 12.3. The van der Waals surface area contributed by atoms with Crippen molar-refractivity contribution in [1.29, 1.82) is 0 Å². The fourth-order valence-corrected chi connectivity index (χ4v) is 3.58. The highest BCUT2D eigenvalue weighted by Crippen LogP contribution is 2.31. The molecule has 0 bridgehead atoms. The summed E-state index contributed by atoms with van der Waals surface area (Å²) in [6.45, 7) is 6.81. The normalized spacial score (nSPS) is 15.1. The van der Waals surface area contributed by atoms with E-state index in [0.717, 1.165) is 16.8 Å². The Hall–Kier alpha value is -2.13. The lowest BCUT2D eigenvalue weighted by Crippen LogP contribution is -2.35. The molecule has 1 amide bonds. The Balaban J connectivity index is 1.89. The minimum absolute atomic E-state index is 0.138. The van der Waals surface area contributed by atoms with Crippen LogP contribution >= 0.6 is 0 Å². The molecule has 0 aliphatic carbocycles. The topological polar surface area (TPSA) is 46.3 Å². The van der Waals surface area contributed by atoms with Gasteiger partial charge < -0.3 is 10.6 Å². The summed E-state index contributed by atoms with van der Waals surface area (Å²) >= 11 is 0. The number of benzene rings is 2. The molecule has 1 heterocycles. The number of amides is 1. The van der Waals surface area contributed by atoms with Crippen molar-refractivity contribution in [3.8, 4) is 0 Å². The van der Waals surface area contributed by atoms with Gasteiger partial charge >= 0.3 is 0 Å². The van der Waals surface area contributed by atoms with Crippen LogP contribution in [0.3, 0.4) is 0 Å². The lowest BCUT2D eigenvalue weighted by molar-refractivity contribution is -0.117. The fraction of sp³-hybridized carbons (Fsp3) is 0.316. The first-order valence-corrected chi connectivity index (χ1v) is 7.69. The van der Waals surface area contributed by atoms with Crippen LogP contribution in [0.5, 0.6) is 0 Å². The molecule has 0 fully saturated rings. The first-order valence-electron chi connectivity index (χ1n) is 7.69. The van der Waals surface area contributed by atoms with Gasteiger partial charge in [-0.15, -0.1) is 0 Å². The summed E-state index contributed by atoms with van der Waals surface area (Å²) in [5.41, 5.74) is 13.3. The average molecular weight is 294 g/mol. The molecule has 1 aliphatic heterocycles. The molecule has 22 heavy (non-hydrogen) atoms. The Morgan fingerprint density at radius 3 is 2.45 bits per heavy atom. The van der Waals surface area contributed by atoms with E-state index in [-0.39, 0.29) is 11.9 Å². The smallest absolute Gasteiger partial charge is 0.231 e. The van der Waals surface area contributed by atoms with Crippen molar-refractivity contribution in [3.63, 3.8) is 0 Å². The highest BCUT2D eigenvalue weighted by atomic mass is 16.2. The van der Waals surface area contributed by atoms with Gasteiger partial charge in [-0.2, -0.15) is 0 Å². The van der Waals surface area contributed by atoms with Gasteiger partial charge in [0.05, 0.1) is 6.42 Å². The van der Waals surface area contributed by atoms with Gasteiger partial charge in [-0.1, -0.05) is 35.9 Å². The molecule has 2 aromatic carbocycles. The molecule has 2 aromatic rings. The Bertz CT molecular complexity index is 713. The van der Waals surface area contributed by atoms with E-state index in [1.54, 1.807) is 0 Å². The van der Waals surface area contributed by atoms with Crippen molar-refractivity contribution in [1.82, 2.24) is 0 Å². The monoisotopic (exact) mass is 294 g/mol. The highest BCUT2D eigenvalue weighted by Gasteiger charge is 2.28. The van der Waals surface area contributed by atoms with Gasteiger partial charge in [-0.25, -0.2) is 0 Å². The average Bonchev–Trinajstić information content (AvgIpc) is 2.74. The number of hydrogen-bond acceptors (Lipinski definition) is 2. The summed E-state index contributed by atoms with van der Waals surface area (Å²) in [5, 5.41) is 0. The maximum Gasteiger partial charge on any atom is 0.231 e. The largest absolute Gasteiger partial charge is 0.322 e. The SMILES string of the molecule is Cc1cc(C)c(C(N)CN2C(=O)Cc3ccccc32)c(C)c1. The second-order valence-electron chi connectivity index (χ2n) is 6.23. The van der Waals surface area contributed by atoms with E-state index in [0.29, 0.717) is 13.0 Å². The number of fused-ring (bicyclic) bond motifs is 1. The molecule has 0 aromatic heterocycles. The zero-order valence-electron chi connectivity index (χ0n) is 13.4. The van der Waals surface area contributed by atoms with Gasteiger partial charge in [0.25, 0.3) is 0 Å². The molecule has 2 N–H and O–H groups in total. The molecule has 0 saturated heterocycles. The lowest BCUT2D eigenvalue weighted by atomic mass is 9.94. The van der Waals surface area contributed by atoms with Gasteiger partial charge in [-0.05, 0) is 49.1 Å². The molecule has 3 nitrogen and oxygen atoms in total. The quantitative estimate of drug-likeness (QED) is 0.945. The van der Waals surface area contributed by atoms with Crippen molar-refractivity contribution in [2.45, 2.75) is 33.2 Å². The number of carbonyl (C=O) groups is 1. The van der Waals surface area contributed by atoms with E-state index in [2.05, 4.69) is 32.9 Å². The molecule has 1 unspecified atom stereocenters. The number of nitrogens with two attached hydrogens (primary N) is 1. The second-order valence-corrected chi connectivity index (χ2v) is 6.23. The predicted octanol–water partition coefficient (Wildman–Crippen LogP) is 3.20. The minimum Gasteiger partial charge on any atom is -0.322 e. The molecule has 1 aliphatic rings. The summed E-state index contributed by atoms with van der Waals surface area (Å²) < 4.78 is 0. The first kappa shape index (κ1) is 14.8. The zero-order valence-corrected chi connectivity index (χ0v) is 13.4. The third kappa shape index (κ3) is 2.53. The van der Waals surface area contributed by atoms with Crippen LogP contribution in [0.2, 0.25) is 0 Å². The van der Waals surface area contributed by atoms with Crippen LogP contribution in [0.1, 0.15) is 33.9 Å². The van der Waals surface area contributed by atoms with Crippen LogP contribution < -0.4 is 10.6 Å². The van der Waals surface area contributed by atoms with E-state index in [1.165, 1.54) is 16.7 Å². The Kier molecular flexibility index (Phi) is 3.75. The van der Waals surface area contributed by atoms with Gasteiger partial charge in [0.2, 0.25) is 5.91 Å². The number of nitrogens with zero attached hydrogens (tertiary/aromatic N) is 1. The van der Waals surface area contributed by atoms with E-state index >= 15 is 0 Å². The first-order chi connectivity index (χ1) is 10.5. The molecule has 0 saturated carbocycles. The van der Waals surface area contributed by atoms with E-state index in [9.17, 15) is 4.79 Å². The van der Waals surface area contributed by atoms with Crippen LogP contribution in [-0.2, 0) is 11.2 Å². The predicted molar refractivity (Wildman–Crippen MR) is 90.1 cm³/mol. The van der Waals surface area contributed by atoms with E-state index in [1.807, 2.05) is 29.2 Å².